The van der Waals surface area contributed by atoms with Gasteiger partial charge in [0.15, 0.2) is 0 Å². The first-order valence-electron chi connectivity index (χ1n) is 8.20. The van der Waals surface area contributed by atoms with Gasteiger partial charge < -0.3 is 14.8 Å². The third-order valence-electron chi connectivity index (χ3n) is 4.34. The van der Waals surface area contributed by atoms with Crippen LogP contribution in [0.1, 0.15) is 24.0 Å². The van der Waals surface area contributed by atoms with Gasteiger partial charge in [-0.1, -0.05) is 18.2 Å². The van der Waals surface area contributed by atoms with E-state index in [1.165, 1.54) is 17.0 Å². The van der Waals surface area contributed by atoms with Gasteiger partial charge in [-0.05, 0) is 18.6 Å². The van der Waals surface area contributed by atoms with Gasteiger partial charge in [-0.2, -0.15) is 0 Å². The fraction of sp³-hybridized carbons (Fsp3) is 0.222. The number of nitrogens with one attached hydrogen (secondary N) is 1. The molecule has 2 aromatic heterocycles. The lowest BCUT2D eigenvalue weighted by molar-refractivity contribution is -0.140. The summed E-state index contributed by atoms with van der Waals surface area (Å²) in [7, 11) is 0. The Morgan fingerprint density at radius 3 is 2.92 bits per heavy atom. The van der Waals surface area contributed by atoms with Crippen molar-refractivity contribution in [2.75, 3.05) is 5.32 Å². The molecule has 8 heteroatoms. The summed E-state index contributed by atoms with van der Waals surface area (Å²) in [4.78, 5) is 32.5. The van der Waals surface area contributed by atoms with Crippen LogP contribution in [0.4, 0.5) is 5.69 Å². The van der Waals surface area contributed by atoms with Crippen LogP contribution in [0.25, 0.3) is 11.5 Å². The Bertz CT molecular complexity index is 1010. The molecule has 8 nitrogen and oxygen atoms in total. The van der Waals surface area contributed by atoms with Crippen LogP contribution >= 0.6 is 0 Å². The van der Waals surface area contributed by atoms with Crippen molar-refractivity contribution in [2.45, 2.75) is 25.4 Å². The molecule has 1 aliphatic rings. The smallest absolute Gasteiger partial charge is 0.326 e. The van der Waals surface area contributed by atoms with Crippen LogP contribution in [-0.2, 0) is 17.8 Å². The number of fused-ring (bicyclic) bond motifs is 1. The van der Waals surface area contributed by atoms with Gasteiger partial charge in [0.05, 0.1) is 18.4 Å². The van der Waals surface area contributed by atoms with E-state index in [2.05, 4.69) is 15.3 Å². The van der Waals surface area contributed by atoms with E-state index < -0.39 is 12.0 Å². The highest BCUT2D eigenvalue weighted by molar-refractivity contribution is 5.72. The fourth-order valence-electron chi connectivity index (χ4n) is 3.05. The summed E-state index contributed by atoms with van der Waals surface area (Å²) in [6.07, 6.45) is 3.82. The molecule has 3 aromatic rings. The third-order valence-corrected chi connectivity index (χ3v) is 4.34. The van der Waals surface area contributed by atoms with E-state index in [0.717, 1.165) is 5.56 Å². The summed E-state index contributed by atoms with van der Waals surface area (Å²) in [5.74, 6) is -0.0216. The van der Waals surface area contributed by atoms with Gasteiger partial charge in [0.2, 0.25) is 5.89 Å². The number of oxazole rings is 1. The molecule has 0 radical (unpaired) electrons. The predicted molar refractivity (Wildman–Crippen MR) is 92.8 cm³/mol. The topological polar surface area (TPSA) is 110 Å². The monoisotopic (exact) mass is 352 g/mol. The highest BCUT2D eigenvalue weighted by Gasteiger charge is 2.30. The summed E-state index contributed by atoms with van der Waals surface area (Å²) in [5, 5.41) is 12.2. The van der Waals surface area contributed by atoms with Gasteiger partial charge in [0, 0.05) is 12.0 Å². The lowest BCUT2D eigenvalue weighted by atomic mass is 10.2. The maximum Gasteiger partial charge on any atom is 0.326 e. The third kappa shape index (κ3) is 2.85. The second-order valence-corrected chi connectivity index (χ2v) is 6.02. The van der Waals surface area contributed by atoms with Gasteiger partial charge in [0.1, 0.15) is 23.8 Å². The predicted octanol–water partition coefficient (Wildman–Crippen LogP) is 2.08. The molecule has 0 saturated heterocycles. The van der Waals surface area contributed by atoms with Crippen molar-refractivity contribution in [2.24, 2.45) is 0 Å². The first-order valence-corrected chi connectivity index (χ1v) is 8.20. The van der Waals surface area contributed by atoms with E-state index in [1.807, 2.05) is 30.3 Å². The fourth-order valence-corrected chi connectivity index (χ4v) is 3.05. The summed E-state index contributed by atoms with van der Waals surface area (Å²) >= 11 is 0. The van der Waals surface area contributed by atoms with Crippen LogP contribution in [0.15, 0.2) is 52.0 Å². The molecule has 0 fully saturated rings. The number of benzene rings is 1. The Hall–Kier alpha value is -3.42. The number of rotatable bonds is 5. The van der Waals surface area contributed by atoms with Crippen LogP contribution < -0.4 is 10.9 Å². The van der Waals surface area contributed by atoms with Gasteiger partial charge >= 0.3 is 5.97 Å². The minimum Gasteiger partial charge on any atom is -0.480 e. The van der Waals surface area contributed by atoms with Gasteiger partial charge in [-0.3, -0.25) is 9.36 Å². The van der Waals surface area contributed by atoms with E-state index in [-0.39, 0.29) is 17.8 Å². The molecular formula is C18H16N4O4. The average molecular weight is 352 g/mol. The number of carboxylic acids is 1. The number of anilines is 1. The van der Waals surface area contributed by atoms with Crippen molar-refractivity contribution in [3.8, 4) is 11.5 Å². The largest absolute Gasteiger partial charge is 0.480 e. The highest BCUT2D eigenvalue weighted by atomic mass is 16.4. The maximum atomic E-state index is 12.6. The van der Waals surface area contributed by atoms with Gasteiger partial charge in [-0.25, -0.2) is 14.8 Å². The molecule has 1 aliphatic heterocycles. The number of hydrogen-bond acceptors (Lipinski definition) is 6. The van der Waals surface area contributed by atoms with Crippen LogP contribution in [0, 0.1) is 0 Å². The molecule has 4 rings (SSSR count). The molecule has 2 N–H and O–H groups in total. The van der Waals surface area contributed by atoms with Crippen molar-refractivity contribution >= 4 is 11.7 Å². The highest BCUT2D eigenvalue weighted by Crippen LogP contribution is 2.23. The molecule has 0 bridgehead atoms. The van der Waals surface area contributed by atoms with Gasteiger partial charge in [0.25, 0.3) is 5.56 Å². The summed E-state index contributed by atoms with van der Waals surface area (Å²) in [5.41, 5.74) is 1.35. The Balaban J connectivity index is 1.53. The molecule has 0 saturated carbocycles. The van der Waals surface area contributed by atoms with Crippen LogP contribution in [0.3, 0.4) is 0 Å². The van der Waals surface area contributed by atoms with E-state index >= 15 is 0 Å². The number of nitrogens with zero attached hydrogens (tertiary/aromatic N) is 3. The Morgan fingerprint density at radius 2 is 2.15 bits per heavy atom. The molecule has 0 spiro atoms. The minimum atomic E-state index is -1.02. The lowest BCUT2D eigenvalue weighted by Crippen LogP contribution is -2.30. The Kier molecular flexibility index (Phi) is 4.00. The Morgan fingerprint density at radius 1 is 1.35 bits per heavy atom. The maximum absolute atomic E-state index is 12.6. The van der Waals surface area contributed by atoms with Crippen molar-refractivity contribution in [3.63, 3.8) is 0 Å². The second-order valence-electron chi connectivity index (χ2n) is 6.02. The lowest BCUT2D eigenvalue weighted by Gasteiger charge is -2.11. The molecular weight excluding hydrogens is 336 g/mol. The SMILES string of the molecule is O=C(O)[C@@H]1CCc2ncc(NCc3coc(-c4ccccc4)n3)c(=O)n21. The van der Waals surface area contributed by atoms with Crippen molar-refractivity contribution < 1.29 is 14.3 Å². The van der Waals surface area contributed by atoms with Crippen molar-refractivity contribution in [1.29, 1.82) is 0 Å². The van der Waals surface area contributed by atoms with E-state index in [4.69, 9.17) is 4.42 Å². The number of hydrogen-bond donors (Lipinski definition) is 2. The number of carboxylic acid groups (broad SMARTS) is 1. The number of aromatic nitrogens is 3. The molecule has 3 heterocycles. The summed E-state index contributed by atoms with van der Waals surface area (Å²) in [6.45, 7) is 0.268. The quantitative estimate of drug-likeness (QED) is 0.723. The molecule has 1 aromatic carbocycles. The molecule has 0 unspecified atom stereocenters. The molecule has 0 aliphatic carbocycles. The second kappa shape index (κ2) is 6.47. The minimum absolute atomic E-state index is 0.242. The molecule has 132 valence electrons. The first-order chi connectivity index (χ1) is 12.6. The normalized spacial score (nSPS) is 15.6. The van der Waals surface area contributed by atoms with E-state index in [9.17, 15) is 14.7 Å². The average Bonchev–Trinajstić information content (AvgIpc) is 3.29. The molecule has 1 atom stereocenters. The van der Waals surface area contributed by atoms with Crippen molar-refractivity contribution in [3.05, 3.63) is 64.7 Å². The molecule has 26 heavy (non-hydrogen) atoms. The number of aliphatic carboxylic acids is 1. The number of aryl methyl sites for hydroxylation is 1. The van der Waals surface area contributed by atoms with Gasteiger partial charge in [-0.15, -0.1) is 0 Å². The molecule has 0 amide bonds. The van der Waals surface area contributed by atoms with Crippen LogP contribution in [0.2, 0.25) is 0 Å². The van der Waals surface area contributed by atoms with E-state index in [0.29, 0.717) is 30.3 Å². The zero-order chi connectivity index (χ0) is 18.1. The van der Waals surface area contributed by atoms with Crippen molar-refractivity contribution in [1.82, 2.24) is 14.5 Å². The zero-order valence-corrected chi connectivity index (χ0v) is 13.8. The first kappa shape index (κ1) is 16.1. The van der Waals surface area contributed by atoms with Crippen LogP contribution in [-0.4, -0.2) is 25.6 Å². The summed E-state index contributed by atoms with van der Waals surface area (Å²) in [6, 6.07) is 8.63. The standard InChI is InChI=1S/C18H16N4O4/c23-17-13(9-20-15-7-6-14(18(24)25)22(15)17)19-8-12-10-26-16(21-12)11-4-2-1-3-5-11/h1-5,9-10,14,19H,6-8H2,(H,24,25)/t14-/m0/s1. The Labute approximate surface area is 148 Å². The summed E-state index contributed by atoms with van der Waals surface area (Å²) < 4.78 is 6.72. The van der Waals surface area contributed by atoms with Crippen LogP contribution in [0.5, 0.6) is 0 Å². The number of carbonyl (C=O) groups is 1. The zero-order valence-electron chi connectivity index (χ0n) is 13.8. The van der Waals surface area contributed by atoms with E-state index in [1.54, 1.807) is 0 Å².